The summed E-state index contributed by atoms with van der Waals surface area (Å²) >= 11 is 5.88. The van der Waals surface area contributed by atoms with Gasteiger partial charge in [0.2, 0.25) is 5.88 Å². The average molecular weight is 562 g/mol. The van der Waals surface area contributed by atoms with Crippen LogP contribution in [-0.4, -0.2) is 23.0 Å². The van der Waals surface area contributed by atoms with E-state index >= 15 is 0 Å². The number of para-hydroxylation sites is 1. The summed E-state index contributed by atoms with van der Waals surface area (Å²) in [5.74, 6) is -0.158. The van der Waals surface area contributed by atoms with Gasteiger partial charge in [0.15, 0.2) is 5.69 Å². The average Bonchev–Trinajstić information content (AvgIpc) is 3.19. The van der Waals surface area contributed by atoms with E-state index in [1.165, 1.54) is 30.3 Å². The molecule has 5 rings (SSSR count). The zero-order valence-corrected chi connectivity index (χ0v) is 21.7. The molecule has 0 spiro atoms. The molecule has 1 aromatic heterocycles. The van der Waals surface area contributed by atoms with Crippen LogP contribution in [0.4, 0.5) is 22.7 Å². The Morgan fingerprint density at radius 2 is 1.62 bits per heavy atom. The number of nitro benzene ring substituents is 1. The van der Waals surface area contributed by atoms with E-state index in [-0.39, 0.29) is 22.9 Å². The molecule has 0 bridgehead atoms. The molecule has 12 heteroatoms. The lowest BCUT2D eigenvalue weighted by atomic mass is 10.2. The van der Waals surface area contributed by atoms with Crippen LogP contribution in [-0.2, 0) is 16.6 Å². The number of azo groups is 1. The van der Waals surface area contributed by atoms with Gasteiger partial charge in [0.25, 0.3) is 15.7 Å². The Balaban J connectivity index is 1.58. The predicted octanol–water partition coefficient (Wildman–Crippen LogP) is 7.17. The fourth-order valence-electron chi connectivity index (χ4n) is 4.04. The number of aromatic nitrogens is 1. The maximum Gasteiger partial charge on any atom is 0.270 e. The number of fused-ring (bicyclic) bond motifs is 1. The largest absolute Gasteiger partial charge is 0.493 e. The fourth-order valence-corrected chi connectivity index (χ4v) is 5.38. The van der Waals surface area contributed by atoms with E-state index in [9.17, 15) is 23.6 Å². The summed E-state index contributed by atoms with van der Waals surface area (Å²) in [4.78, 5) is 10.2. The molecular weight excluding hydrogens is 542 g/mol. The molecular formula is C27H20ClN5O5S. The number of halogens is 1. The van der Waals surface area contributed by atoms with E-state index < -0.39 is 25.5 Å². The van der Waals surface area contributed by atoms with Crippen LogP contribution in [0.15, 0.2) is 112 Å². The maximum absolute atomic E-state index is 13.3. The molecule has 2 N–H and O–H groups in total. The molecule has 0 aliphatic heterocycles. The Hall–Kier alpha value is -4.74. The summed E-state index contributed by atoms with van der Waals surface area (Å²) < 4.78 is 30.6. The van der Waals surface area contributed by atoms with Crippen molar-refractivity contribution in [3.8, 4) is 5.88 Å². The minimum atomic E-state index is -4.32. The minimum absolute atomic E-state index is 0.133. The lowest BCUT2D eigenvalue weighted by molar-refractivity contribution is -0.385. The maximum atomic E-state index is 13.3. The Morgan fingerprint density at radius 1 is 0.923 bits per heavy atom. The summed E-state index contributed by atoms with van der Waals surface area (Å²) in [6.45, 7) is 0.366. The molecule has 0 saturated heterocycles. The molecule has 0 aliphatic carbocycles. The number of rotatable bonds is 8. The van der Waals surface area contributed by atoms with E-state index in [1.54, 1.807) is 16.7 Å². The van der Waals surface area contributed by atoms with E-state index in [4.69, 9.17) is 11.6 Å². The normalized spacial score (nSPS) is 11.7. The Morgan fingerprint density at radius 3 is 2.33 bits per heavy atom. The Bertz CT molecular complexity index is 1820. The lowest BCUT2D eigenvalue weighted by Gasteiger charge is -2.10. The van der Waals surface area contributed by atoms with Crippen LogP contribution in [0.3, 0.4) is 0 Å². The van der Waals surface area contributed by atoms with Gasteiger partial charge in [0.05, 0.1) is 17.0 Å². The van der Waals surface area contributed by atoms with Gasteiger partial charge in [-0.05, 0) is 42.0 Å². The van der Waals surface area contributed by atoms with Crippen LogP contribution >= 0.6 is 11.6 Å². The van der Waals surface area contributed by atoms with Gasteiger partial charge in [-0.25, -0.2) is 8.42 Å². The van der Waals surface area contributed by atoms with Gasteiger partial charge in [-0.3, -0.25) is 14.8 Å². The van der Waals surface area contributed by atoms with Gasteiger partial charge < -0.3 is 9.67 Å². The number of hydrogen-bond acceptors (Lipinski definition) is 7. The second-order valence-corrected chi connectivity index (χ2v) is 10.6. The summed E-state index contributed by atoms with van der Waals surface area (Å²) in [5, 5.41) is 31.8. The van der Waals surface area contributed by atoms with Gasteiger partial charge in [-0.2, -0.15) is 0 Å². The zero-order valence-electron chi connectivity index (χ0n) is 20.1. The molecule has 0 saturated carbocycles. The topological polar surface area (TPSA) is 139 Å². The van der Waals surface area contributed by atoms with Gasteiger partial charge in [-0.1, -0.05) is 60.1 Å². The number of hydrogen-bond donors (Lipinski definition) is 2. The van der Waals surface area contributed by atoms with E-state index in [2.05, 4.69) is 15.0 Å². The van der Waals surface area contributed by atoms with Crippen molar-refractivity contribution in [1.29, 1.82) is 0 Å². The molecule has 196 valence electrons. The highest BCUT2D eigenvalue weighted by molar-refractivity contribution is 7.92. The van der Waals surface area contributed by atoms with Crippen LogP contribution in [0.2, 0.25) is 5.02 Å². The Kier molecular flexibility index (Phi) is 7.01. The monoisotopic (exact) mass is 561 g/mol. The number of nitrogens with zero attached hydrogens (tertiary/aromatic N) is 4. The number of aromatic hydroxyl groups is 1. The van der Waals surface area contributed by atoms with Gasteiger partial charge >= 0.3 is 0 Å². The second-order valence-electron chi connectivity index (χ2n) is 8.48. The van der Waals surface area contributed by atoms with Crippen molar-refractivity contribution in [2.24, 2.45) is 10.2 Å². The van der Waals surface area contributed by atoms with Gasteiger partial charge in [0, 0.05) is 28.2 Å². The first-order chi connectivity index (χ1) is 18.7. The standard InChI is InChI=1S/C27H20ClN5O5S/c28-19-10-12-20(13-11-19)31-39(37,38)25-16-21(33(35)36)14-15-23(25)29-30-26-22-8-4-5-9-24(22)32(27(26)34)17-18-6-2-1-3-7-18/h1-16,31,34H,17H2. The molecule has 10 nitrogen and oxygen atoms in total. The van der Waals surface area contributed by atoms with Crippen molar-refractivity contribution in [1.82, 2.24) is 4.57 Å². The zero-order chi connectivity index (χ0) is 27.6. The predicted molar refractivity (Wildman–Crippen MR) is 149 cm³/mol. The molecule has 0 fully saturated rings. The van der Waals surface area contributed by atoms with Crippen molar-refractivity contribution in [2.75, 3.05) is 4.72 Å². The number of anilines is 1. The Labute approximate surface area is 228 Å². The summed E-state index contributed by atoms with van der Waals surface area (Å²) in [7, 11) is -4.32. The highest BCUT2D eigenvalue weighted by atomic mass is 35.5. The van der Waals surface area contributed by atoms with Crippen LogP contribution in [0.25, 0.3) is 10.9 Å². The highest BCUT2D eigenvalue weighted by Gasteiger charge is 2.24. The number of nitro groups is 1. The molecule has 39 heavy (non-hydrogen) atoms. The van der Waals surface area contributed by atoms with Crippen LogP contribution < -0.4 is 4.72 Å². The molecule has 0 amide bonds. The summed E-state index contributed by atoms with van der Waals surface area (Å²) in [5.41, 5.74) is 1.40. The molecule has 0 aliphatic rings. The molecule has 0 radical (unpaired) electrons. The van der Waals surface area contributed by atoms with Crippen molar-refractivity contribution >= 4 is 55.3 Å². The molecule has 1 heterocycles. The molecule has 5 aromatic rings. The highest BCUT2D eigenvalue weighted by Crippen LogP contribution is 2.41. The van der Waals surface area contributed by atoms with Crippen molar-refractivity contribution in [3.63, 3.8) is 0 Å². The van der Waals surface area contributed by atoms with Crippen molar-refractivity contribution in [2.45, 2.75) is 11.4 Å². The summed E-state index contributed by atoms with van der Waals surface area (Å²) in [6, 6.07) is 25.9. The third-order valence-electron chi connectivity index (χ3n) is 5.90. The molecule has 0 unspecified atom stereocenters. The van der Waals surface area contributed by atoms with Crippen molar-refractivity contribution in [3.05, 3.63) is 118 Å². The first kappa shape index (κ1) is 25.9. The third kappa shape index (κ3) is 5.44. The van der Waals surface area contributed by atoms with Crippen LogP contribution in [0.1, 0.15) is 5.56 Å². The quantitative estimate of drug-likeness (QED) is 0.117. The second kappa shape index (κ2) is 10.6. The molecule has 0 atom stereocenters. The first-order valence-electron chi connectivity index (χ1n) is 11.6. The van der Waals surface area contributed by atoms with E-state index in [0.29, 0.717) is 22.5 Å². The van der Waals surface area contributed by atoms with Crippen molar-refractivity contribution < 1.29 is 18.4 Å². The lowest BCUT2D eigenvalue weighted by Crippen LogP contribution is -2.13. The van der Waals surface area contributed by atoms with E-state index in [0.717, 1.165) is 17.7 Å². The fraction of sp³-hybridized carbons (Fsp3) is 0.0370. The van der Waals surface area contributed by atoms with Crippen LogP contribution in [0.5, 0.6) is 5.88 Å². The number of benzene rings is 4. The smallest absolute Gasteiger partial charge is 0.270 e. The summed E-state index contributed by atoms with van der Waals surface area (Å²) in [6.07, 6.45) is 0. The van der Waals surface area contributed by atoms with Gasteiger partial charge in [0.1, 0.15) is 10.6 Å². The van der Waals surface area contributed by atoms with Crippen LogP contribution in [0, 0.1) is 10.1 Å². The van der Waals surface area contributed by atoms with Gasteiger partial charge in [-0.15, -0.1) is 10.2 Å². The number of sulfonamides is 1. The minimum Gasteiger partial charge on any atom is -0.493 e. The SMILES string of the molecule is O=[N+]([O-])c1ccc(N=Nc2c(O)n(Cc3ccccc3)c3ccccc23)c(S(=O)(=O)Nc2ccc(Cl)cc2)c1. The number of non-ortho nitro benzene ring substituents is 1. The van der Waals surface area contributed by atoms with E-state index in [1.807, 2.05) is 42.5 Å². The first-order valence-corrected chi connectivity index (χ1v) is 13.4. The molecule has 4 aromatic carbocycles. The third-order valence-corrected chi connectivity index (χ3v) is 7.56. The number of nitrogens with one attached hydrogen (secondary N) is 1.